The Balaban J connectivity index is 1.78. The lowest BCUT2D eigenvalue weighted by atomic mass is 10.1. The first kappa shape index (κ1) is 18.8. The lowest BCUT2D eigenvalue weighted by Gasteiger charge is -2.24. The largest absolute Gasteiger partial charge is 0.493 e. The highest BCUT2D eigenvalue weighted by Gasteiger charge is 2.37. The van der Waals surface area contributed by atoms with Gasteiger partial charge in [-0.2, -0.15) is 0 Å². The molecule has 1 N–H and O–H groups in total. The molecule has 2 aromatic rings. The summed E-state index contributed by atoms with van der Waals surface area (Å²) < 4.78 is 10.7. The van der Waals surface area contributed by atoms with Crippen molar-refractivity contribution >= 4 is 17.5 Å². The number of anilines is 1. The van der Waals surface area contributed by atoms with Crippen LogP contribution in [0.3, 0.4) is 0 Å². The van der Waals surface area contributed by atoms with E-state index in [1.165, 1.54) is 0 Å². The molecule has 0 fully saturated rings. The minimum Gasteiger partial charge on any atom is -0.493 e. The van der Waals surface area contributed by atoms with Gasteiger partial charge in [0.15, 0.2) is 11.5 Å². The third kappa shape index (κ3) is 3.60. The van der Waals surface area contributed by atoms with Crippen LogP contribution in [-0.2, 0) is 22.6 Å². The predicted octanol–water partition coefficient (Wildman–Crippen LogP) is 2.69. The minimum absolute atomic E-state index is 0.0564. The second kappa shape index (κ2) is 8.12. The van der Waals surface area contributed by atoms with Crippen LogP contribution < -0.4 is 19.7 Å². The molecule has 0 radical (unpaired) electrons. The summed E-state index contributed by atoms with van der Waals surface area (Å²) in [6.45, 7) is 2.10. The number of carbonyl (C=O) groups excluding carboxylic acids is 2. The molecule has 1 atom stereocenters. The molecule has 0 saturated carbocycles. The molecule has 2 aromatic carbocycles. The van der Waals surface area contributed by atoms with E-state index in [2.05, 4.69) is 5.32 Å². The first-order chi connectivity index (χ1) is 13.1. The Kier molecular flexibility index (Phi) is 5.64. The summed E-state index contributed by atoms with van der Waals surface area (Å²) in [6, 6.07) is 12.7. The fourth-order valence-corrected chi connectivity index (χ4v) is 3.47. The monoisotopic (exact) mass is 368 g/mol. The minimum atomic E-state index is -0.536. The topological polar surface area (TPSA) is 67.9 Å². The van der Waals surface area contributed by atoms with Crippen molar-refractivity contribution < 1.29 is 19.1 Å². The van der Waals surface area contributed by atoms with E-state index >= 15 is 0 Å². The molecule has 142 valence electrons. The molecule has 0 bridgehead atoms. The van der Waals surface area contributed by atoms with Crippen molar-refractivity contribution in [3.8, 4) is 11.5 Å². The van der Waals surface area contributed by atoms with E-state index in [0.717, 1.165) is 16.8 Å². The number of ether oxygens (including phenoxy) is 2. The van der Waals surface area contributed by atoms with Gasteiger partial charge in [-0.15, -0.1) is 0 Å². The first-order valence-corrected chi connectivity index (χ1v) is 8.98. The number of hydrogen-bond donors (Lipinski definition) is 1. The maximum absolute atomic E-state index is 12.9. The Labute approximate surface area is 159 Å². The molecule has 0 aromatic heterocycles. The average Bonchev–Trinajstić information content (AvgIpc) is 3.10. The van der Waals surface area contributed by atoms with Gasteiger partial charge >= 0.3 is 0 Å². The Morgan fingerprint density at radius 1 is 1.11 bits per heavy atom. The van der Waals surface area contributed by atoms with Crippen LogP contribution in [0.25, 0.3) is 0 Å². The molecule has 27 heavy (non-hydrogen) atoms. The standard InChI is InChI=1S/C21H24N2O4/c1-4-19(24)23-16-10-6-5-8-14(16)12-17(23)21(25)22-13-15-9-7-11-18(26-2)20(15)27-3/h5-11,17H,4,12-13H2,1-3H3,(H,22,25)/t17-/m1/s1. The van der Waals surface area contributed by atoms with E-state index in [1.54, 1.807) is 32.1 Å². The lowest BCUT2D eigenvalue weighted by molar-refractivity contribution is -0.126. The maximum atomic E-state index is 12.9. The first-order valence-electron chi connectivity index (χ1n) is 8.98. The van der Waals surface area contributed by atoms with Gasteiger partial charge in [0, 0.05) is 30.6 Å². The molecule has 0 aliphatic carbocycles. The molecule has 2 amide bonds. The van der Waals surface area contributed by atoms with Crippen LogP contribution in [0.5, 0.6) is 11.5 Å². The Bertz CT molecular complexity index is 850. The number of hydrogen-bond acceptors (Lipinski definition) is 4. The van der Waals surface area contributed by atoms with Crippen LogP contribution in [0.1, 0.15) is 24.5 Å². The summed E-state index contributed by atoms with van der Waals surface area (Å²) in [7, 11) is 3.14. The fourth-order valence-electron chi connectivity index (χ4n) is 3.47. The highest BCUT2D eigenvalue weighted by atomic mass is 16.5. The normalized spacial score (nSPS) is 15.2. The van der Waals surface area contributed by atoms with Crippen LogP contribution in [0.2, 0.25) is 0 Å². The van der Waals surface area contributed by atoms with E-state index in [1.807, 2.05) is 36.4 Å². The van der Waals surface area contributed by atoms with Crippen molar-refractivity contribution in [2.24, 2.45) is 0 Å². The van der Waals surface area contributed by atoms with E-state index in [9.17, 15) is 9.59 Å². The molecule has 0 saturated heterocycles. The Hall–Kier alpha value is -3.02. The quantitative estimate of drug-likeness (QED) is 0.851. The van der Waals surface area contributed by atoms with Crippen LogP contribution in [0.4, 0.5) is 5.69 Å². The summed E-state index contributed by atoms with van der Waals surface area (Å²) in [5, 5.41) is 2.94. The summed E-state index contributed by atoms with van der Waals surface area (Å²) in [4.78, 5) is 27.0. The molecule has 6 nitrogen and oxygen atoms in total. The van der Waals surface area contributed by atoms with Gasteiger partial charge in [0.25, 0.3) is 0 Å². The van der Waals surface area contributed by atoms with Gasteiger partial charge in [-0.3, -0.25) is 14.5 Å². The third-order valence-electron chi connectivity index (χ3n) is 4.79. The summed E-state index contributed by atoms with van der Waals surface area (Å²) >= 11 is 0. The van der Waals surface area contributed by atoms with Crippen LogP contribution in [-0.4, -0.2) is 32.1 Å². The van der Waals surface area contributed by atoms with Gasteiger partial charge in [0.05, 0.1) is 14.2 Å². The van der Waals surface area contributed by atoms with Crippen LogP contribution >= 0.6 is 0 Å². The van der Waals surface area contributed by atoms with E-state index < -0.39 is 6.04 Å². The molecule has 0 unspecified atom stereocenters. The van der Waals surface area contributed by atoms with E-state index in [0.29, 0.717) is 30.9 Å². The number of carbonyl (C=O) groups is 2. The highest BCUT2D eigenvalue weighted by Crippen LogP contribution is 2.33. The summed E-state index contributed by atoms with van der Waals surface area (Å²) in [6.07, 6.45) is 0.866. The Morgan fingerprint density at radius 2 is 1.89 bits per heavy atom. The third-order valence-corrected chi connectivity index (χ3v) is 4.79. The molecule has 3 rings (SSSR count). The lowest BCUT2D eigenvalue weighted by Crippen LogP contribution is -2.47. The molecule has 1 aliphatic heterocycles. The molecule has 1 aliphatic rings. The molecule has 6 heteroatoms. The number of rotatable bonds is 6. The smallest absolute Gasteiger partial charge is 0.243 e. The fraction of sp³-hybridized carbons (Fsp3) is 0.333. The number of benzene rings is 2. The number of nitrogens with zero attached hydrogens (tertiary/aromatic N) is 1. The summed E-state index contributed by atoms with van der Waals surface area (Å²) in [5.74, 6) is 0.966. The van der Waals surface area contributed by atoms with Gasteiger partial charge in [0.1, 0.15) is 6.04 Å². The van der Waals surface area contributed by atoms with Crippen molar-refractivity contribution in [1.29, 1.82) is 0 Å². The second-order valence-corrected chi connectivity index (χ2v) is 6.34. The Morgan fingerprint density at radius 3 is 2.59 bits per heavy atom. The molecular weight excluding hydrogens is 344 g/mol. The zero-order chi connectivity index (χ0) is 19.4. The predicted molar refractivity (Wildman–Crippen MR) is 103 cm³/mol. The van der Waals surface area contributed by atoms with Crippen molar-refractivity contribution in [3.05, 3.63) is 53.6 Å². The molecular formula is C21H24N2O4. The van der Waals surface area contributed by atoms with Gasteiger partial charge < -0.3 is 14.8 Å². The SMILES string of the molecule is CCC(=O)N1c2ccccc2C[C@@H]1C(=O)NCc1cccc(OC)c1OC. The van der Waals surface area contributed by atoms with Gasteiger partial charge in [-0.25, -0.2) is 0 Å². The number of fused-ring (bicyclic) bond motifs is 1. The van der Waals surface area contributed by atoms with Gasteiger partial charge in [-0.1, -0.05) is 37.3 Å². The highest BCUT2D eigenvalue weighted by molar-refractivity contribution is 6.03. The number of para-hydroxylation sites is 2. The van der Waals surface area contributed by atoms with Crippen molar-refractivity contribution in [2.75, 3.05) is 19.1 Å². The number of amides is 2. The van der Waals surface area contributed by atoms with Gasteiger partial charge in [0.2, 0.25) is 11.8 Å². The van der Waals surface area contributed by atoms with E-state index in [4.69, 9.17) is 9.47 Å². The van der Waals surface area contributed by atoms with E-state index in [-0.39, 0.29) is 11.8 Å². The maximum Gasteiger partial charge on any atom is 0.243 e. The zero-order valence-electron chi connectivity index (χ0n) is 15.8. The van der Waals surface area contributed by atoms with Gasteiger partial charge in [-0.05, 0) is 17.7 Å². The molecule has 0 spiro atoms. The number of methoxy groups -OCH3 is 2. The van der Waals surface area contributed by atoms with Crippen molar-refractivity contribution in [1.82, 2.24) is 5.32 Å². The average molecular weight is 368 g/mol. The second-order valence-electron chi connectivity index (χ2n) is 6.34. The number of nitrogens with one attached hydrogen (secondary N) is 1. The summed E-state index contributed by atoms with van der Waals surface area (Å²) in [5.41, 5.74) is 2.65. The van der Waals surface area contributed by atoms with Crippen LogP contribution in [0.15, 0.2) is 42.5 Å². The van der Waals surface area contributed by atoms with Crippen molar-refractivity contribution in [2.45, 2.75) is 32.4 Å². The molecule has 1 heterocycles. The van der Waals surface area contributed by atoms with Crippen LogP contribution in [0, 0.1) is 0 Å². The zero-order valence-corrected chi connectivity index (χ0v) is 15.8. The van der Waals surface area contributed by atoms with Crippen molar-refractivity contribution in [3.63, 3.8) is 0 Å².